The molecule has 1 unspecified atom stereocenters. The van der Waals surface area contributed by atoms with Crippen molar-refractivity contribution in [2.24, 2.45) is 5.92 Å². The molecule has 0 amide bonds. The van der Waals surface area contributed by atoms with Gasteiger partial charge < -0.3 is 14.2 Å². The van der Waals surface area contributed by atoms with Crippen molar-refractivity contribution in [3.8, 4) is 0 Å². The summed E-state index contributed by atoms with van der Waals surface area (Å²) in [6, 6.07) is 0. The van der Waals surface area contributed by atoms with Crippen molar-refractivity contribution in [3.05, 3.63) is 0 Å². The molecule has 0 fully saturated rings. The van der Waals surface area contributed by atoms with E-state index in [1.165, 1.54) is 6.92 Å². The molecule has 7 heteroatoms. The minimum absolute atomic E-state index is 0. The molecule has 5 nitrogen and oxygen atoms in total. The molecule has 0 saturated heterocycles. The predicted molar refractivity (Wildman–Crippen MR) is 45.4 cm³/mol. The van der Waals surface area contributed by atoms with E-state index in [1.54, 1.807) is 0 Å². The molecule has 1 atom stereocenters. The fraction of sp³-hybridized carbons (Fsp3) is 0.857. The van der Waals surface area contributed by atoms with Gasteiger partial charge in [0.1, 0.15) is 0 Å². The average Bonchev–Trinajstić information content (AvgIpc) is 1.99. The molecule has 14 heavy (non-hydrogen) atoms. The van der Waals surface area contributed by atoms with Gasteiger partial charge >= 0.3 is 24.6 Å². The maximum Gasteiger partial charge on any atom is 1.00 e. The summed E-state index contributed by atoms with van der Waals surface area (Å²) in [5.41, 5.74) is -1.29. The minimum atomic E-state index is -4.45. The van der Waals surface area contributed by atoms with Crippen LogP contribution in [0.1, 0.15) is 20.8 Å². The van der Waals surface area contributed by atoms with Crippen LogP contribution in [0.4, 0.5) is 4.79 Å². The number of hydrogen-bond acceptors (Lipinski definition) is 5. The predicted octanol–water partition coefficient (Wildman–Crippen LogP) is -1.63. The maximum atomic E-state index is 10.9. The van der Waals surface area contributed by atoms with E-state index in [2.05, 4.69) is 9.26 Å². The van der Waals surface area contributed by atoms with E-state index in [0.717, 1.165) is 0 Å². The number of carbonyl (C=O) groups is 1. The molecule has 0 aromatic heterocycles. The summed E-state index contributed by atoms with van der Waals surface area (Å²) in [6.07, 6.45) is 0. The SMILES string of the molecule is CCOP(=O)([O-])C(=O)OCC(C)C.[Li+]. The Morgan fingerprint density at radius 3 is 2.36 bits per heavy atom. The normalized spacial score (nSPS) is 14.4. The summed E-state index contributed by atoms with van der Waals surface area (Å²) in [4.78, 5) is 21.7. The first-order valence-corrected chi connectivity index (χ1v) is 5.57. The first kappa shape index (κ1) is 16.6. The minimum Gasteiger partial charge on any atom is -0.770 e. The van der Waals surface area contributed by atoms with Crippen molar-refractivity contribution in [1.29, 1.82) is 0 Å². The molecule has 0 N–H and O–H groups in total. The van der Waals surface area contributed by atoms with Gasteiger partial charge in [0, 0.05) is 0 Å². The van der Waals surface area contributed by atoms with Crippen LogP contribution in [0.5, 0.6) is 0 Å². The molecule has 0 aromatic carbocycles. The topological polar surface area (TPSA) is 75.7 Å². The van der Waals surface area contributed by atoms with Crippen molar-refractivity contribution in [3.63, 3.8) is 0 Å². The van der Waals surface area contributed by atoms with Crippen molar-refractivity contribution in [2.45, 2.75) is 20.8 Å². The third-order valence-electron chi connectivity index (χ3n) is 1.06. The quantitative estimate of drug-likeness (QED) is 0.407. The van der Waals surface area contributed by atoms with Gasteiger partial charge in [0.2, 0.25) is 7.60 Å². The average molecular weight is 216 g/mol. The molecule has 0 saturated carbocycles. The van der Waals surface area contributed by atoms with Gasteiger partial charge in [-0.25, -0.2) is 4.79 Å². The van der Waals surface area contributed by atoms with Crippen LogP contribution in [0.25, 0.3) is 0 Å². The van der Waals surface area contributed by atoms with E-state index in [9.17, 15) is 14.3 Å². The molecule has 0 bridgehead atoms. The summed E-state index contributed by atoms with van der Waals surface area (Å²) in [5, 5.41) is 0. The van der Waals surface area contributed by atoms with E-state index >= 15 is 0 Å². The standard InChI is InChI=1S/C7H15O5P.Li/c1-4-12-13(9,10)7(8)11-5-6(2)3;/h6H,4-5H2,1-3H3,(H,9,10);/q;+1/p-1. The molecule has 0 spiro atoms. The molecule has 0 aromatic rings. The van der Waals surface area contributed by atoms with Gasteiger partial charge in [-0.15, -0.1) is 0 Å². The van der Waals surface area contributed by atoms with E-state index in [0.29, 0.717) is 0 Å². The maximum absolute atomic E-state index is 10.9. The Morgan fingerprint density at radius 1 is 1.50 bits per heavy atom. The zero-order valence-electron chi connectivity index (χ0n) is 8.98. The van der Waals surface area contributed by atoms with Crippen molar-refractivity contribution in [2.75, 3.05) is 13.2 Å². The number of hydrogen-bond donors (Lipinski definition) is 0. The molecule has 0 rings (SSSR count). The monoisotopic (exact) mass is 216 g/mol. The largest absolute Gasteiger partial charge is 1.00 e. The van der Waals surface area contributed by atoms with Crippen LogP contribution in [0, 0.1) is 5.92 Å². The Labute approximate surface area is 95.9 Å². The first-order valence-electron chi connectivity index (χ1n) is 4.03. The third kappa shape index (κ3) is 6.64. The van der Waals surface area contributed by atoms with E-state index in [4.69, 9.17) is 0 Å². The summed E-state index contributed by atoms with van der Waals surface area (Å²) in [6.45, 7) is 5.13. The van der Waals surface area contributed by atoms with Gasteiger partial charge in [-0.3, -0.25) is 4.57 Å². The van der Waals surface area contributed by atoms with E-state index < -0.39 is 13.3 Å². The Bertz CT molecular complexity index is 218. The Kier molecular flexibility index (Phi) is 8.92. The summed E-state index contributed by atoms with van der Waals surface area (Å²) < 4.78 is 19.6. The van der Waals surface area contributed by atoms with Crippen molar-refractivity contribution >= 4 is 13.3 Å². The van der Waals surface area contributed by atoms with Crippen LogP contribution >= 0.6 is 7.60 Å². The molecular formula is C7H14LiO5P. The molecule has 0 aliphatic heterocycles. The zero-order valence-corrected chi connectivity index (χ0v) is 9.87. The number of ether oxygens (including phenoxy) is 1. The van der Waals surface area contributed by atoms with Gasteiger partial charge in [0.15, 0.2) is 0 Å². The fourth-order valence-electron chi connectivity index (χ4n) is 0.540. The molecule has 0 radical (unpaired) electrons. The molecule has 78 valence electrons. The van der Waals surface area contributed by atoms with Gasteiger partial charge in [-0.1, -0.05) is 13.8 Å². The fourth-order valence-corrected chi connectivity index (χ4v) is 1.22. The summed E-state index contributed by atoms with van der Waals surface area (Å²) >= 11 is 0. The second kappa shape index (κ2) is 7.50. The molecule has 0 heterocycles. The van der Waals surface area contributed by atoms with Crippen LogP contribution in [0.15, 0.2) is 0 Å². The Morgan fingerprint density at radius 2 is 2.00 bits per heavy atom. The van der Waals surface area contributed by atoms with Crippen LogP contribution < -0.4 is 23.8 Å². The third-order valence-corrected chi connectivity index (χ3v) is 2.24. The molecular weight excluding hydrogens is 202 g/mol. The smallest absolute Gasteiger partial charge is 0.770 e. The second-order valence-corrected chi connectivity index (χ2v) is 4.50. The van der Waals surface area contributed by atoms with E-state index in [1.807, 2.05) is 13.8 Å². The van der Waals surface area contributed by atoms with Crippen molar-refractivity contribution in [1.82, 2.24) is 0 Å². The second-order valence-electron chi connectivity index (χ2n) is 2.89. The van der Waals surface area contributed by atoms with E-state index in [-0.39, 0.29) is 38.0 Å². The summed E-state index contributed by atoms with van der Waals surface area (Å²) in [5.74, 6) is 0.102. The Hall–Kier alpha value is 0.217. The van der Waals surface area contributed by atoms with Gasteiger partial charge in [0.25, 0.3) is 0 Å². The van der Waals surface area contributed by atoms with Crippen LogP contribution in [-0.2, 0) is 13.8 Å². The number of carbonyl (C=O) groups excluding carboxylic acids is 1. The zero-order chi connectivity index (χ0) is 10.5. The van der Waals surface area contributed by atoms with Crippen LogP contribution in [-0.4, -0.2) is 18.9 Å². The van der Waals surface area contributed by atoms with Gasteiger partial charge in [-0.05, 0) is 12.8 Å². The first-order chi connectivity index (χ1) is 5.90. The summed E-state index contributed by atoms with van der Waals surface area (Å²) in [7, 11) is -4.45. The molecule has 0 aliphatic rings. The van der Waals surface area contributed by atoms with Crippen LogP contribution in [0.2, 0.25) is 0 Å². The van der Waals surface area contributed by atoms with Crippen molar-refractivity contribution < 1.29 is 42.4 Å². The Balaban J connectivity index is 0. The van der Waals surface area contributed by atoms with Gasteiger partial charge in [0.05, 0.1) is 13.2 Å². The molecule has 0 aliphatic carbocycles. The number of rotatable bonds is 5. The van der Waals surface area contributed by atoms with Crippen LogP contribution in [0.3, 0.4) is 0 Å². The van der Waals surface area contributed by atoms with Gasteiger partial charge in [-0.2, -0.15) is 0 Å².